The van der Waals surface area contributed by atoms with Crippen LogP contribution in [0.3, 0.4) is 0 Å². The second kappa shape index (κ2) is 11.9. The molecule has 0 atom stereocenters. The van der Waals surface area contributed by atoms with Crippen molar-refractivity contribution in [1.29, 1.82) is 0 Å². The molecule has 141 valence electrons. The smallest absolute Gasteiger partial charge is 0.0364 e. The van der Waals surface area contributed by atoms with Gasteiger partial charge in [0.2, 0.25) is 0 Å². The van der Waals surface area contributed by atoms with Crippen molar-refractivity contribution >= 4 is 36.6 Å². The first-order valence-corrected chi connectivity index (χ1v) is 9.10. The third-order valence-corrected chi connectivity index (χ3v) is 4.73. The molecule has 0 N–H and O–H groups in total. The van der Waals surface area contributed by atoms with Crippen LogP contribution in [0.4, 0.5) is 11.4 Å². The third-order valence-electron chi connectivity index (χ3n) is 4.14. The Morgan fingerprint density at radius 3 is 1.36 bits per heavy atom. The van der Waals surface area contributed by atoms with E-state index in [1.807, 2.05) is 12.1 Å². The molecule has 2 aromatic carbocycles. The predicted octanol–water partition coefficient (Wildman–Crippen LogP) is 2.94. The van der Waals surface area contributed by atoms with Gasteiger partial charge in [0.05, 0.1) is 0 Å². The summed E-state index contributed by atoms with van der Waals surface area (Å²) in [5.41, 5.74) is 2.42. The summed E-state index contributed by atoms with van der Waals surface area (Å²) in [4.78, 5) is 6.66. The van der Waals surface area contributed by atoms with E-state index in [9.17, 15) is 0 Å². The van der Waals surface area contributed by atoms with E-state index in [1.165, 1.54) is 11.4 Å². The Labute approximate surface area is 178 Å². The minimum atomic E-state index is -0.279. The monoisotopic (exact) mass is 556 g/mol. The van der Waals surface area contributed by atoms with Gasteiger partial charge in [0.15, 0.2) is 0 Å². The van der Waals surface area contributed by atoms with Gasteiger partial charge >= 0.3 is 0 Å². The number of hydrogen-bond acceptors (Lipinski definition) is 5. The van der Waals surface area contributed by atoms with Gasteiger partial charge in [-0.3, -0.25) is 0 Å². The molecule has 0 aliphatic carbocycles. The normalized spacial score (nSPS) is 10.6. The number of rotatable bonds is 9. The fourth-order valence-corrected chi connectivity index (χ4v) is 2.92. The predicted molar refractivity (Wildman–Crippen MR) is 110 cm³/mol. The second-order valence-corrected chi connectivity index (χ2v) is 7.05. The van der Waals surface area contributed by atoms with Gasteiger partial charge < -0.3 is 40.0 Å². The first-order valence-electron chi connectivity index (χ1n) is 8.16. The van der Waals surface area contributed by atoms with Crippen LogP contribution < -0.4 is 9.80 Å². The standard InChI is InChI=1S/C19H27N3S2.Au/c1-20(17-9-5-3-6-10-17)13-15-22(19(23)24)16-14-21(2)18-11-7-4-8-12-18;/h3-12,19,23-24H,13-16H2,1-2H3;/p-2. The maximum absolute atomic E-state index is 5.34. The van der Waals surface area contributed by atoms with Crippen LogP contribution in [0.2, 0.25) is 0 Å². The van der Waals surface area contributed by atoms with Crippen molar-refractivity contribution in [3.05, 3.63) is 60.7 Å². The summed E-state index contributed by atoms with van der Waals surface area (Å²) in [6.07, 6.45) is 0. The van der Waals surface area contributed by atoms with Gasteiger partial charge in [0.25, 0.3) is 0 Å². The van der Waals surface area contributed by atoms with Crippen LogP contribution in [0.25, 0.3) is 0 Å². The molecule has 25 heavy (non-hydrogen) atoms. The van der Waals surface area contributed by atoms with E-state index < -0.39 is 0 Å². The van der Waals surface area contributed by atoms with Gasteiger partial charge in [0, 0.05) is 74.0 Å². The minimum absolute atomic E-state index is 0. The SMILES string of the molecule is CN(CCN(CCN(C)c1ccccc1)C([S-])[S-])c1ccccc1.[Au]. The Morgan fingerprint density at radius 2 is 1.04 bits per heavy atom. The molecular formula is C19H25AuN3S2-2. The molecule has 1 radical (unpaired) electrons. The molecule has 0 saturated heterocycles. The molecule has 0 aliphatic heterocycles. The number of hydrogen-bond donors (Lipinski definition) is 0. The molecule has 0 fully saturated rings. The third kappa shape index (κ3) is 7.69. The van der Waals surface area contributed by atoms with Gasteiger partial charge in [-0.2, -0.15) is 0 Å². The van der Waals surface area contributed by atoms with E-state index in [0.717, 1.165) is 26.2 Å². The number of anilines is 2. The van der Waals surface area contributed by atoms with Gasteiger partial charge in [-0.1, -0.05) is 36.4 Å². The summed E-state index contributed by atoms with van der Waals surface area (Å²) in [7, 11) is 4.21. The summed E-state index contributed by atoms with van der Waals surface area (Å²) in [6, 6.07) is 20.8. The molecule has 6 heteroatoms. The Kier molecular flexibility index (Phi) is 10.7. The maximum atomic E-state index is 5.34. The topological polar surface area (TPSA) is 9.72 Å². The van der Waals surface area contributed by atoms with Crippen LogP contribution in [0.15, 0.2) is 60.7 Å². The van der Waals surface area contributed by atoms with E-state index in [4.69, 9.17) is 25.3 Å². The first-order chi connectivity index (χ1) is 11.6. The molecule has 0 saturated carbocycles. The average Bonchev–Trinajstić information content (AvgIpc) is 2.62. The summed E-state index contributed by atoms with van der Waals surface area (Å²) in [5.74, 6) is 0. The first kappa shape index (κ1) is 22.5. The van der Waals surface area contributed by atoms with Crippen molar-refractivity contribution in [2.45, 2.75) is 4.71 Å². The largest absolute Gasteiger partial charge is 0.800 e. The zero-order chi connectivity index (χ0) is 17.4. The van der Waals surface area contributed by atoms with E-state index >= 15 is 0 Å². The van der Waals surface area contributed by atoms with Crippen molar-refractivity contribution in [2.75, 3.05) is 50.1 Å². The average molecular weight is 557 g/mol. The molecular weight excluding hydrogens is 531 g/mol. The van der Waals surface area contributed by atoms with Gasteiger partial charge in [-0.15, -0.1) is 0 Å². The van der Waals surface area contributed by atoms with E-state index in [-0.39, 0.29) is 27.1 Å². The van der Waals surface area contributed by atoms with Crippen molar-refractivity contribution in [3.8, 4) is 0 Å². The van der Waals surface area contributed by atoms with Crippen LogP contribution in [-0.4, -0.2) is 49.9 Å². The minimum Gasteiger partial charge on any atom is -0.800 e. The molecule has 3 nitrogen and oxygen atoms in total. The fourth-order valence-electron chi connectivity index (χ4n) is 2.50. The fraction of sp³-hybridized carbons (Fsp3) is 0.368. The molecule has 0 unspecified atom stereocenters. The van der Waals surface area contributed by atoms with Crippen molar-refractivity contribution in [1.82, 2.24) is 4.90 Å². The molecule has 0 aliphatic rings. The molecule has 0 amide bonds. The van der Waals surface area contributed by atoms with Crippen LogP contribution in [0.5, 0.6) is 0 Å². The Hall–Kier alpha value is -0.560. The van der Waals surface area contributed by atoms with Crippen LogP contribution in [-0.2, 0) is 47.6 Å². The second-order valence-electron chi connectivity index (χ2n) is 5.86. The van der Waals surface area contributed by atoms with Crippen LogP contribution in [0, 0.1) is 0 Å². The molecule has 0 bridgehead atoms. The zero-order valence-electron chi connectivity index (χ0n) is 14.6. The molecule has 0 spiro atoms. The number of para-hydroxylation sites is 2. The number of likely N-dealkylation sites (N-methyl/N-ethyl adjacent to an activating group) is 2. The molecule has 2 aromatic rings. The number of nitrogens with zero attached hydrogens (tertiary/aromatic N) is 3. The Bertz CT molecular complexity index is 534. The van der Waals surface area contributed by atoms with Crippen molar-refractivity contribution in [3.63, 3.8) is 0 Å². The zero-order valence-corrected chi connectivity index (χ0v) is 18.4. The summed E-state index contributed by atoms with van der Waals surface area (Å²) in [6.45, 7) is 3.54. The summed E-state index contributed by atoms with van der Waals surface area (Å²) >= 11 is 10.7. The van der Waals surface area contributed by atoms with Crippen molar-refractivity contribution < 1.29 is 22.4 Å². The quantitative estimate of drug-likeness (QED) is 0.346. The number of benzene rings is 2. The molecule has 0 heterocycles. The summed E-state index contributed by atoms with van der Waals surface area (Å²) in [5, 5.41) is 0. The Morgan fingerprint density at radius 1 is 0.680 bits per heavy atom. The van der Waals surface area contributed by atoms with E-state index in [2.05, 4.69) is 77.3 Å². The van der Waals surface area contributed by atoms with Crippen LogP contribution >= 0.6 is 0 Å². The molecule has 0 aromatic heterocycles. The van der Waals surface area contributed by atoms with Gasteiger partial charge in [0.1, 0.15) is 0 Å². The van der Waals surface area contributed by atoms with E-state index in [0.29, 0.717) is 0 Å². The van der Waals surface area contributed by atoms with Crippen molar-refractivity contribution in [2.24, 2.45) is 0 Å². The Balaban J connectivity index is 0.00000312. The van der Waals surface area contributed by atoms with Gasteiger partial charge in [-0.05, 0) is 24.3 Å². The summed E-state index contributed by atoms with van der Waals surface area (Å²) < 4.78 is -0.279. The van der Waals surface area contributed by atoms with Gasteiger partial charge in [-0.25, -0.2) is 4.71 Å². The van der Waals surface area contributed by atoms with E-state index in [1.54, 1.807) is 0 Å². The van der Waals surface area contributed by atoms with Crippen LogP contribution in [0.1, 0.15) is 0 Å². The maximum Gasteiger partial charge on any atom is 0.0364 e. The molecule has 2 rings (SSSR count).